The molecular weight excluding hydrogens is 172 g/mol. The SMILES string of the molecule is O=C([O-])CSCC(=O)[O-].[NH4+].[NH4+]. The number of thioether (sulfide) groups is 1. The Bertz CT molecular complexity index is 115. The molecule has 0 aliphatic heterocycles. The first-order chi connectivity index (χ1) is 4.13. The number of carbonyl (C=O) groups excluding carboxylic acids is 2. The molecule has 0 bridgehead atoms. The van der Waals surface area contributed by atoms with Gasteiger partial charge in [-0.05, 0) is 0 Å². The molecule has 0 aromatic carbocycles. The highest BCUT2D eigenvalue weighted by Gasteiger charge is 1.87. The number of aliphatic carboxylic acids is 2. The van der Waals surface area contributed by atoms with E-state index in [2.05, 4.69) is 0 Å². The summed E-state index contributed by atoms with van der Waals surface area (Å²) in [7, 11) is 0. The third kappa shape index (κ3) is 17.6. The van der Waals surface area contributed by atoms with Crippen molar-refractivity contribution in [3.8, 4) is 0 Å². The molecule has 0 rings (SSSR count). The maximum Gasteiger partial charge on any atom is 0.0513 e. The first-order valence-corrected chi connectivity index (χ1v) is 3.26. The maximum absolute atomic E-state index is 9.64. The minimum absolute atomic E-state index is 0. The van der Waals surface area contributed by atoms with Crippen molar-refractivity contribution in [1.29, 1.82) is 0 Å². The topological polar surface area (TPSA) is 153 Å². The Labute approximate surface area is 68.1 Å². The van der Waals surface area contributed by atoms with Gasteiger partial charge in [-0.1, -0.05) is 0 Å². The van der Waals surface area contributed by atoms with Gasteiger partial charge in [0.05, 0.1) is 11.9 Å². The van der Waals surface area contributed by atoms with Crippen LogP contribution in [0.4, 0.5) is 0 Å². The van der Waals surface area contributed by atoms with Crippen LogP contribution in [0.25, 0.3) is 0 Å². The average Bonchev–Trinajstić information content (AvgIpc) is 1.63. The van der Waals surface area contributed by atoms with Gasteiger partial charge >= 0.3 is 0 Å². The van der Waals surface area contributed by atoms with Crippen molar-refractivity contribution in [2.75, 3.05) is 11.5 Å². The summed E-state index contributed by atoms with van der Waals surface area (Å²) < 4.78 is 0. The van der Waals surface area contributed by atoms with E-state index in [9.17, 15) is 19.8 Å². The Morgan fingerprint density at radius 3 is 1.45 bits per heavy atom. The van der Waals surface area contributed by atoms with E-state index < -0.39 is 11.9 Å². The lowest BCUT2D eigenvalue weighted by molar-refractivity contribution is -0.301. The Hall–Kier alpha value is -0.790. The molecule has 7 heteroatoms. The average molecular weight is 184 g/mol. The summed E-state index contributed by atoms with van der Waals surface area (Å²) in [6.07, 6.45) is 0. The van der Waals surface area contributed by atoms with Crippen LogP contribution < -0.4 is 22.5 Å². The van der Waals surface area contributed by atoms with Crippen molar-refractivity contribution in [3.63, 3.8) is 0 Å². The molecule has 11 heavy (non-hydrogen) atoms. The van der Waals surface area contributed by atoms with E-state index >= 15 is 0 Å². The fraction of sp³-hybridized carbons (Fsp3) is 0.500. The van der Waals surface area contributed by atoms with E-state index in [0.717, 1.165) is 11.8 Å². The van der Waals surface area contributed by atoms with E-state index in [0.29, 0.717) is 0 Å². The van der Waals surface area contributed by atoms with E-state index in [1.165, 1.54) is 0 Å². The van der Waals surface area contributed by atoms with Crippen molar-refractivity contribution in [2.45, 2.75) is 0 Å². The molecule has 0 amide bonds. The van der Waals surface area contributed by atoms with Crippen LogP contribution >= 0.6 is 11.8 Å². The van der Waals surface area contributed by atoms with E-state index in [4.69, 9.17) is 0 Å². The summed E-state index contributed by atoms with van der Waals surface area (Å²) in [5, 5.41) is 19.3. The Kier molecular flexibility index (Phi) is 13.9. The van der Waals surface area contributed by atoms with E-state index in [1.807, 2.05) is 0 Å². The first-order valence-electron chi connectivity index (χ1n) is 2.10. The first kappa shape index (κ1) is 16.7. The molecule has 0 aliphatic rings. The minimum Gasteiger partial charge on any atom is -0.549 e. The summed E-state index contributed by atoms with van der Waals surface area (Å²) in [4.78, 5) is 19.3. The largest absolute Gasteiger partial charge is 0.549 e. The number of carboxylic acids is 2. The van der Waals surface area contributed by atoms with Crippen molar-refractivity contribution in [2.24, 2.45) is 0 Å². The normalized spacial score (nSPS) is 7.27. The monoisotopic (exact) mass is 184 g/mol. The molecular formula is C4H12N2O4S. The number of carboxylic acid groups (broad SMARTS) is 2. The summed E-state index contributed by atoms with van der Waals surface area (Å²) in [5.74, 6) is -3.12. The number of hydrogen-bond acceptors (Lipinski definition) is 5. The number of carbonyl (C=O) groups is 2. The zero-order valence-electron chi connectivity index (χ0n) is 6.46. The van der Waals surface area contributed by atoms with Crippen LogP contribution in [0.2, 0.25) is 0 Å². The lowest BCUT2D eigenvalue weighted by atomic mass is 10.8. The van der Waals surface area contributed by atoms with Gasteiger partial charge in [-0.15, -0.1) is 11.8 Å². The maximum atomic E-state index is 9.64. The highest BCUT2D eigenvalue weighted by atomic mass is 32.2. The van der Waals surface area contributed by atoms with Crippen LogP contribution in [0.3, 0.4) is 0 Å². The highest BCUT2D eigenvalue weighted by molar-refractivity contribution is 8.00. The van der Waals surface area contributed by atoms with E-state index in [-0.39, 0.29) is 23.8 Å². The van der Waals surface area contributed by atoms with E-state index in [1.54, 1.807) is 0 Å². The van der Waals surface area contributed by atoms with Crippen molar-refractivity contribution >= 4 is 23.7 Å². The molecule has 0 atom stereocenters. The smallest absolute Gasteiger partial charge is 0.0513 e. The van der Waals surface area contributed by atoms with Gasteiger partial charge in [0.25, 0.3) is 0 Å². The second-order valence-corrected chi connectivity index (χ2v) is 2.22. The predicted molar refractivity (Wildman–Crippen MR) is 39.3 cm³/mol. The van der Waals surface area contributed by atoms with Crippen LogP contribution in [-0.2, 0) is 9.59 Å². The Balaban J connectivity index is -0.000000320. The van der Waals surface area contributed by atoms with Gasteiger partial charge in [0.1, 0.15) is 0 Å². The van der Waals surface area contributed by atoms with Gasteiger partial charge in [0.15, 0.2) is 0 Å². The van der Waals surface area contributed by atoms with Crippen LogP contribution in [0.15, 0.2) is 0 Å². The van der Waals surface area contributed by atoms with Gasteiger partial charge in [0, 0.05) is 11.5 Å². The third-order valence-corrected chi connectivity index (χ3v) is 1.32. The summed E-state index contributed by atoms with van der Waals surface area (Å²) >= 11 is 0.745. The summed E-state index contributed by atoms with van der Waals surface area (Å²) in [6, 6.07) is 0. The molecule has 0 fully saturated rings. The molecule has 0 saturated heterocycles. The molecule has 0 aromatic heterocycles. The fourth-order valence-electron chi connectivity index (χ4n) is 0.218. The van der Waals surface area contributed by atoms with Crippen molar-refractivity contribution < 1.29 is 19.8 Å². The number of hydrogen-bond donors (Lipinski definition) is 2. The molecule has 0 saturated carbocycles. The lowest BCUT2D eigenvalue weighted by Crippen LogP contribution is -2.28. The predicted octanol–water partition coefficient (Wildman–Crippen LogP) is -2.03. The Morgan fingerprint density at radius 1 is 1.00 bits per heavy atom. The zero-order valence-corrected chi connectivity index (χ0v) is 7.27. The van der Waals surface area contributed by atoms with Crippen LogP contribution in [0.5, 0.6) is 0 Å². The fourth-order valence-corrected chi connectivity index (χ4v) is 0.653. The zero-order chi connectivity index (χ0) is 7.28. The van der Waals surface area contributed by atoms with Gasteiger partial charge in [-0.3, -0.25) is 0 Å². The quantitative estimate of drug-likeness (QED) is 0.515. The molecule has 68 valence electrons. The van der Waals surface area contributed by atoms with Gasteiger partial charge in [0.2, 0.25) is 0 Å². The molecule has 6 nitrogen and oxygen atoms in total. The van der Waals surface area contributed by atoms with Gasteiger partial charge < -0.3 is 32.1 Å². The molecule has 0 spiro atoms. The van der Waals surface area contributed by atoms with Crippen LogP contribution in [0, 0.1) is 0 Å². The van der Waals surface area contributed by atoms with Crippen LogP contribution in [0.1, 0.15) is 0 Å². The third-order valence-electron chi connectivity index (χ3n) is 0.440. The Morgan fingerprint density at radius 2 is 1.27 bits per heavy atom. The molecule has 8 N–H and O–H groups in total. The standard InChI is InChI=1S/C4H6O4S.2H3N/c5-3(6)1-9-2-4(7)8;;/h1-2H2,(H,5,6)(H,7,8);2*1H3. The molecule has 0 aliphatic carbocycles. The number of rotatable bonds is 4. The second-order valence-electron chi connectivity index (χ2n) is 1.24. The van der Waals surface area contributed by atoms with Gasteiger partial charge in [-0.2, -0.15) is 0 Å². The van der Waals surface area contributed by atoms with Gasteiger partial charge in [-0.25, -0.2) is 0 Å². The molecule has 0 unspecified atom stereocenters. The molecule has 0 heterocycles. The lowest BCUT2D eigenvalue weighted by Gasteiger charge is -2.01. The molecule has 0 aromatic rings. The van der Waals surface area contributed by atoms with Crippen molar-refractivity contribution in [3.05, 3.63) is 0 Å². The number of quaternary nitrogens is 2. The van der Waals surface area contributed by atoms with Crippen molar-refractivity contribution in [1.82, 2.24) is 12.3 Å². The minimum atomic E-state index is -1.26. The summed E-state index contributed by atoms with van der Waals surface area (Å²) in [6.45, 7) is 0. The second kappa shape index (κ2) is 9.21. The van der Waals surface area contributed by atoms with Crippen LogP contribution in [-0.4, -0.2) is 23.4 Å². The summed E-state index contributed by atoms with van der Waals surface area (Å²) in [5.41, 5.74) is 0. The molecule has 0 radical (unpaired) electrons. The highest BCUT2D eigenvalue weighted by Crippen LogP contribution is 1.94.